The number of hydrogen-bond acceptors (Lipinski definition) is 8. The van der Waals surface area contributed by atoms with Gasteiger partial charge in [-0.15, -0.1) is 0 Å². The number of amides is 1. The van der Waals surface area contributed by atoms with Crippen LogP contribution in [0, 0.1) is 10.1 Å². The molecule has 3 aromatic rings. The Kier molecular flexibility index (Phi) is 5.82. The first-order valence-corrected chi connectivity index (χ1v) is 8.44. The molecular formula is C19H15N5O6. The second kappa shape index (κ2) is 8.65. The molecule has 0 atom stereocenters. The molecule has 152 valence electrons. The van der Waals surface area contributed by atoms with Crippen LogP contribution in [-0.2, 0) is 0 Å². The molecule has 1 amide bonds. The van der Waals surface area contributed by atoms with E-state index in [4.69, 9.17) is 4.74 Å². The molecule has 3 N–H and O–H groups in total. The highest BCUT2D eigenvalue weighted by molar-refractivity contribution is 5.94. The number of phenolic OH excluding ortho intramolecular Hbond substituents is 1. The van der Waals surface area contributed by atoms with Crippen LogP contribution in [0.2, 0.25) is 0 Å². The van der Waals surface area contributed by atoms with Crippen LogP contribution in [0.5, 0.6) is 11.5 Å². The molecule has 11 nitrogen and oxygen atoms in total. The lowest BCUT2D eigenvalue weighted by Gasteiger charge is -2.06. The number of non-ortho nitro benzene ring substituents is 1. The van der Waals surface area contributed by atoms with E-state index in [2.05, 4.69) is 20.5 Å². The Morgan fingerprint density at radius 1 is 1.30 bits per heavy atom. The Morgan fingerprint density at radius 3 is 2.70 bits per heavy atom. The number of aromatic nitrogens is 2. The minimum absolute atomic E-state index is 0.0467. The molecule has 1 aromatic heterocycles. The zero-order chi connectivity index (χ0) is 21.7. The second-order valence-electron chi connectivity index (χ2n) is 5.89. The van der Waals surface area contributed by atoms with E-state index in [1.54, 1.807) is 30.3 Å². The van der Waals surface area contributed by atoms with Crippen LogP contribution in [0.25, 0.3) is 11.3 Å². The molecule has 2 aromatic carbocycles. The summed E-state index contributed by atoms with van der Waals surface area (Å²) in [5.74, 6) is -1.26. The van der Waals surface area contributed by atoms with Crippen LogP contribution >= 0.6 is 0 Å². The number of nitrogens with zero attached hydrogens (tertiary/aromatic N) is 3. The van der Waals surface area contributed by atoms with E-state index in [1.165, 1.54) is 13.2 Å². The van der Waals surface area contributed by atoms with Crippen LogP contribution in [-0.4, -0.2) is 39.2 Å². The van der Waals surface area contributed by atoms with Crippen LogP contribution in [0.4, 0.5) is 5.69 Å². The fourth-order valence-corrected chi connectivity index (χ4v) is 2.53. The van der Waals surface area contributed by atoms with Gasteiger partial charge in [-0.3, -0.25) is 14.9 Å². The molecule has 3 rings (SSSR count). The minimum Gasteiger partial charge on any atom is -0.504 e. The maximum atomic E-state index is 12.3. The largest absolute Gasteiger partial charge is 0.504 e. The van der Waals surface area contributed by atoms with Gasteiger partial charge in [-0.1, -0.05) is 30.3 Å². The predicted molar refractivity (Wildman–Crippen MR) is 107 cm³/mol. The average Bonchev–Trinajstić information content (AvgIpc) is 2.74. The Hall–Kier alpha value is -4.54. The van der Waals surface area contributed by atoms with E-state index in [9.17, 15) is 24.8 Å². The number of carbonyl (C=O) groups excluding carboxylic acids is 1. The minimum atomic E-state index is -0.750. The molecule has 0 aliphatic rings. The number of methoxy groups -OCH3 is 1. The predicted octanol–water partition coefficient (Wildman–Crippen LogP) is 1.82. The van der Waals surface area contributed by atoms with Gasteiger partial charge >= 0.3 is 5.69 Å². The van der Waals surface area contributed by atoms with Crippen molar-refractivity contribution in [3.05, 3.63) is 80.4 Å². The van der Waals surface area contributed by atoms with E-state index >= 15 is 0 Å². The average molecular weight is 409 g/mol. The van der Waals surface area contributed by atoms with E-state index in [1.807, 2.05) is 0 Å². The number of carbonyl (C=O) groups is 1. The number of H-pyrrole nitrogens is 1. The van der Waals surface area contributed by atoms with Gasteiger partial charge in [0, 0.05) is 17.2 Å². The van der Waals surface area contributed by atoms with Gasteiger partial charge in [0.25, 0.3) is 11.6 Å². The molecule has 0 bridgehead atoms. The lowest BCUT2D eigenvalue weighted by molar-refractivity contribution is -0.385. The lowest BCUT2D eigenvalue weighted by atomic mass is 10.1. The number of aromatic hydroxyl groups is 1. The lowest BCUT2D eigenvalue weighted by Crippen LogP contribution is -2.24. The number of ether oxygens (including phenoxy) is 1. The second-order valence-corrected chi connectivity index (χ2v) is 5.89. The van der Waals surface area contributed by atoms with Gasteiger partial charge in [-0.05, 0) is 6.07 Å². The van der Waals surface area contributed by atoms with Crippen molar-refractivity contribution < 1.29 is 19.6 Å². The first kappa shape index (κ1) is 20.2. The molecule has 30 heavy (non-hydrogen) atoms. The van der Waals surface area contributed by atoms with Crippen LogP contribution in [0.3, 0.4) is 0 Å². The monoisotopic (exact) mass is 409 g/mol. The first-order valence-electron chi connectivity index (χ1n) is 8.44. The number of nitro groups is 1. The third kappa shape index (κ3) is 4.47. The van der Waals surface area contributed by atoms with Crippen LogP contribution < -0.4 is 15.9 Å². The third-order valence-electron chi connectivity index (χ3n) is 3.95. The molecule has 0 unspecified atom stereocenters. The molecule has 1 heterocycles. The number of hydrogen-bond donors (Lipinski definition) is 3. The molecule has 0 aliphatic carbocycles. The number of hydrazone groups is 1. The first-order chi connectivity index (χ1) is 14.4. The van der Waals surface area contributed by atoms with Gasteiger partial charge in [0.1, 0.15) is 5.69 Å². The fourth-order valence-electron chi connectivity index (χ4n) is 2.53. The molecule has 0 aliphatic heterocycles. The molecule has 0 radical (unpaired) electrons. The van der Waals surface area contributed by atoms with Crippen molar-refractivity contribution in [1.82, 2.24) is 15.4 Å². The molecule has 0 saturated carbocycles. The summed E-state index contributed by atoms with van der Waals surface area (Å²) in [5.41, 5.74) is 1.94. The number of phenols is 1. The number of nitrogens with one attached hydrogen (secondary N) is 2. The van der Waals surface area contributed by atoms with Crippen molar-refractivity contribution in [2.45, 2.75) is 0 Å². The maximum absolute atomic E-state index is 12.3. The standard InChI is InChI=1S/C19H15N5O6/c1-30-16-8-13(24(28)29)7-12(17(16)25)10-20-23-18(26)15-9-14(21-19(27)22-15)11-5-3-2-4-6-11/h2-10,25H,1H3,(H,23,26)(H,21,22,27)/b20-10+. The highest BCUT2D eigenvalue weighted by atomic mass is 16.6. The van der Waals surface area contributed by atoms with Gasteiger partial charge < -0.3 is 14.8 Å². The van der Waals surface area contributed by atoms with Crippen molar-refractivity contribution in [3.8, 4) is 22.8 Å². The Bertz CT molecular complexity index is 1190. The number of nitro benzene ring substituents is 1. The van der Waals surface area contributed by atoms with E-state index < -0.39 is 16.5 Å². The summed E-state index contributed by atoms with van der Waals surface area (Å²) in [4.78, 5) is 40.6. The Morgan fingerprint density at radius 2 is 2.03 bits per heavy atom. The van der Waals surface area contributed by atoms with Gasteiger partial charge in [-0.25, -0.2) is 10.2 Å². The van der Waals surface area contributed by atoms with Crippen molar-refractivity contribution in [2.75, 3.05) is 7.11 Å². The van der Waals surface area contributed by atoms with E-state index in [0.717, 1.165) is 18.3 Å². The normalized spacial score (nSPS) is 10.7. The molecular weight excluding hydrogens is 394 g/mol. The van der Waals surface area contributed by atoms with Gasteiger partial charge in [0.15, 0.2) is 11.5 Å². The summed E-state index contributed by atoms with van der Waals surface area (Å²) < 4.78 is 4.89. The third-order valence-corrected chi connectivity index (χ3v) is 3.95. The van der Waals surface area contributed by atoms with Crippen molar-refractivity contribution >= 4 is 17.8 Å². The SMILES string of the molecule is COc1cc([N+](=O)[O-])cc(/C=N/NC(=O)c2cc(-c3ccccc3)nc(=O)[nH]2)c1O. The molecule has 0 fully saturated rings. The van der Waals surface area contributed by atoms with Crippen molar-refractivity contribution in [1.29, 1.82) is 0 Å². The summed E-state index contributed by atoms with van der Waals surface area (Å²) in [6, 6.07) is 12.3. The number of aromatic amines is 1. The Labute approximate surface area is 168 Å². The Balaban J connectivity index is 1.84. The van der Waals surface area contributed by atoms with Crippen LogP contribution in [0.1, 0.15) is 16.1 Å². The van der Waals surface area contributed by atoms with Crippen LogP contribution in [0.15, 0.2) is 58.4 Å². The quantitative estimate of drug-likeness (QED) is 0.318. The highest BCUT2D eigenvalue weighted by Gasteiger charge is 2.16. The maximum Gasteiger partial charge on any atom is 0.346 e. The molecule has 0 spiro atoms. The summed E-state index contributed by atoms with van der Waals surface area (Å²) in [5, 5.41) is 24.7. The highest BCUT2D eigenvalue weighted by Crippen LogP contribution is 2.33. The summed E-state index contributed by atoms with van der Waals surface area (Å²) in [6.07, 6.45) is 1.01. The van der Waals surface area contributed by atoms with Crippen molar-refractivity contribution in [3.63, 3.8) is 0 Å². The summed E-state index contributed by atoms with van der Waals surface area (Å²) in [6.45, 7) is 0. The summed E-state index contributed by atoms with van der Waals surface area (Å²) >= 11 is 0. The van der Waals surface area contributed by atoms with E-state index in [-0.39, 0.29) is 28.4 Å². The number of rotatable bonds is 6. The van der Waals surface area contributed by atoms with Gasteiger partial charge in [0.2, 0.25) is 0 Å². The van der Waals surface area contributed by atoms with E-state index in [0.29, 0.717) is 11.3 Å². The van der Waals surface area contributed by atoms with Gasteiger partial charge in [-0.2, -0.15) is 10.1 Å². The van der Waals surface area contributed by atoms with Crippen molar-refractivity contribution in [2.24, 2.45) is 5.10 Å². The summed E-state index contributed by atoms with van der Waals surface area (Å²) in [7, 11) is 1.24. The topological polar surface area (TPSA) is 160 Å². The fraction of sp³-hybridized carbons (Fsp3) is 0.0526. The zero-order valence-corrected chi connectivity index (χ0v) is 15.5. The molecule has 0 saturated heterocycles. The smallest absolute Gasteiger partial charge is 0.346 e. The number of benzene rings is 2. The van der Waals surface area contributed by atoms with Gasteiger partial charge in [0.05, 0.1) is 30.0 Å². The zero-order valence-electron chi connectivity index (χ0n) is 15.5. The molecule has 11 heteroatoms.